The summed E-state index contributed by atoms with van der Waals surface area (Å²) >= 11 is 0. The van der Waals surface area contributed by atoms with Crippen molar-refractivity contribution in [3.05, 3.63) is 65.7 Å². The number of aryl methyl sites for hydroxylation is 1. The monoisotopic (exact) mass is 483 g/mol. The SMILES string of the molecule is Cc1ccc(S(=O)(=O)N2CCC(C(=O)N3CCC[C@H]3C(=O)NCCc3ccccc3)CC2)cc1. The third-order valence-electron chi connectivity index (χ3n) is 6.86. The number of hydrogen-bond acceptors (Lipinski definition) is 4. The minimum atomic E-state index is -3.56. The highest BCUT2D eigenvalue weighted by Crippen LogP contribution is 2.28. The number of piperidine rings is 1. The molecular weight excluding hydrogens is 450 g/mol. The second-order valence-corrected chi connectivity index (χ2v) is 11.1. The number of nitrogens with one attached hydrogen (secondary N) is 1. The number of benzene rings is 2. The minimum absolute atomic E-state index is 0.0203. The summed E-state index contributed by atoms with van der Waals surface area (Å²) in [5, 5.41) is 2.99. The molecule has 0 spiro atoms. The zero-order chi connectivity index (χ0) is 24.1. The maximum Gasteiger partial charge on any atom is 0.243 e. The van der Waals surface area contributed by atoms with Crippen LogP contribution < -0.4 is 5.32 Å². The predicted octanol–water partition coefficient (Wildman–Crippen LogP) is 2.75. The van der Waals surface area contributed by atoms with Crippen LogP contribution in [-0.4, -0.2) is 61.7 Å². The third-order valence-corrected chi connectivity index (χ3v) is 8.77. The van der Waals surface area contributed by atoms with Gasteiger partial charge >= 0.3 is 0 Å². The second-order valence-electron chi connectivity index (χ2n) is 9.21. The second kappa shape index (κ2) is 10.7. The molecule has 2 saturated heterocycles. The lowest BCUT2D eigenvalue weighted by Gasteiger charge is -2.34. The minimum Gasteiger partial charge on any atom is -0.354 e. The molecule has 2 aliphatic rings. The van der Waals surface area contributed by atoms with Crippen LogP contribution in [0.4, 0.5) is 0 Å². The molecule has 2 heterocycles. The Morgan fingerprint density at radius 2 is 1.62 bits per heavy atom. The smallest absolute Gasteiger partial charge is 0.243 e. The predicted molar refractivity (Wildman–Crippen MR) is 131 cm³/mol. The van der Waals surface area contributed by atoms with Crippen LogP contribution in [0.5, 0.6) is 0 Å². The van der Waals surface area contributed by atoms with Gasteiger partial charge in [-0.2, -0.15) is 4.31 Å². The summed E-state index contributed by atoms with van der Waals surface area (Å²) in [6.45, 7) is 3.67. The Morgan fingerprint density at radius 3 is 2.29 bits per heavy atom. The van der Waals surface area contributed by atoms with Gasteiger partial charge in [-0.05, 0) is 56.7 Å². The van der Waals surface area contributed by atoms with Crippen molar-refractivity contribution in [1.29, 1.82) is 0 Å². The fraction of sp³-hybridized carbons (Fsp3) is 0.462. The number of likely N-dealkylation sites (tertiary alicyclic amines) is 1. The van der Waals surface area contributed by atoms with Crippen LogP contribution >= 0.6 is 0 Å². The molecule has 2 aliphatic heterocycles. The summed E-state index contributed by atoms with van der Waals surface area (Å²) in [7, 11) is -3.56. The van der Waals surface area contributed by atoms with E-state index in [1.165, 1.54) is 4.31 Å². The Hall–Kier alpha value is -2.71. The molecule has 2 amide bonds. The molecule has 1 N–H and O–H groups in total. The maximum atomic E-state index is 13.3. The number of amides is 2. The highest BCUT2D eigenvalue weighted by Gasteiger charge is 2.39. The number of sulfonamides is 1. The standard InChI is InChI=1S/C26H33N3O4S/c1-20-9-11-23(12-10-20)34(32,33)28-18-14-22(15-19-28)26(31)29-17-5-8-24(29)25(30)27-16-13-21-6-3-2-4-7-21/h2-4,6-7,9-12,22,24H,5,8,13-19H2,1H3,(H,27,30)/t24-/m0/s1. The van der Waals surface area contributed by atoms with E-state index in [1.807, 2.05) is 37.3 Å². The first kappa shape index (κ1) is 24.4. The van der Waals surface area contributed by atoms with E-state index in [2.05, 4.69) is 5.32 Å². The van der Waals surface area contributed by atoms with E-state index in [0.717, 1.165) is 24.0 Å². The van der Waals surface area contributed by atoms with Gasteiger partial charge in [-0.15, -0.1) is 0 Å². The van der Waals surface area contributed by atoms with Gasteiger partial charge in [-0.1, -0.05) is 48.0 Å². The molecule has 2 fully saturated rings. The van der Waals surface area contributed by atoms with Crippen molar-refractivity contribution in [2.45, 2.75) is 50.0 Å². The van der Waals surface area contributed by atoms with E-state index in [0.29, 0.717) is 45.4 Å². The fourth-order valence-electron chi connectivity index (χ4n) is 4.83. The fourth-order valence-corrected chi connectivity index (χ4v) is 6.30. The molecule has 4 rings (SSSR count). The molecule has 8 heteroatoms. The summed E-state index contributed by atoms with van der Waals surface area (Å²) < 4.78 is 27.4. The summed E-state index contributed by atoms with van der Waals surface area (Å²) in [5.41, 5.74) is 2.17. The molecule has 0 saturated carbocycles. The molecule has 182 valence electrons. The summed E-state index contributed by atoms with van der Waals surface area (Å²) in [6, 6.07) is 16.4. The Balaban J connectivity index is 1.30. The van der Waals surface area contributed by atoms with Crippen LogP contribution in [0.2, 0.25) is 0 Å². The highest BCUT2D eigenvalue weighted by atomic mass is 32.2. The van der Waals surface area contributed by atoms with Gasteiger partial charge in [-0.3, -0.25) is 9.59 Å². The zero-order valence-electron chi connectivity index (χ0n) is 19.7. The third kappa shape index (κ3) is 5.50. The summed E-state index contributed by atoms with van der Waals surface area (Å²) in [6.07, 6.45) is 3.18. The lowest BCUT2D eigenvalue weighted by molar-refractivity contribution is -0.142. The van der Waals surface area contributed by atoms with Crippen molar-refractivity contribution in [3.8, 4) is 0 Å². The number of hydrogen-bond donors (Lipinski definition) is 1. The number of rotatable bonds is 7. The Morgan fingerprint density at radius 1 is 0.941 bits per heavy atom. The molecule has 0 unspecified atom stereocenters. The van der Waals surface area contributed by atoms with Gasteiger partial charge in [0, 0.05) is 32.1 Å². The van der Waals surface area contributed by atoms with Gasteiger partial charge in [0.15, 0.2) is 0 Å². The van der Waals surface area contributed by atoms with E-state index in [1.54, 1.807) is 29.2 Å². The lowest BCUT2D eigenvalue weighted by atomic mass is 9.96. The Labute approximate surface area is 202 Å². The van der Waals surface area contributed by atoms with E-state index >= 15 is 0 Å². The van der Waals surface area contributed by atoms with Gasteiger partial charge in [0.05, 0.1) is 4.90 Å². The van der Waals surface area contributed by atoms with Crippen LogP contribution in [0.3, 0.4) is 0 Å². The molecule has 0 aromatic heterocycles. The Kier molecular flexibility index (Phi) is 7.68. The van der Waals surface area contributed by atoms with Crippen molar-refractivity contribution in [3.63, 3.8) is 0 Å². The number of carbonyl (C=O) groups excluding carboxylic acids is 2. The average molecular weight is 484 g/mol. The Bertz CT molecular complexity index is 1090. The summed E-state index contributed by atoms with van der Waals surface area (Å²) in [4.78, 5) is 28.1. The van der Waals surface area contributed by atoms with Crippen LogP contribution in [0.25, 0.3) is 0 Å². The molecule has 1 atom stereocenters. The van der Waals surface area contributed by atoms with Gasteiger partial charge in [-0.25, -0.2) is 8.42 Å². The van der Waals surface area contributed by atoms with Crippen molar-refractivity contribution in [2.75, 3.05) is 26.2 Å². The number of nitrogens with zero attached hydrogens (tertiary/aromatic N) is 2. The van der Waals surface area contributed by atoms with Gasteiger partial charge in [0.1, 0.15) is 6.04 Å². The van der Waals surface area contributed by atoms with Gasteiger partial charge in [0.2, 0.25) is 21.8 Å². The first-order valence-corrected chi connectivity index (χ1v) is 13.5. The van der Waals surface area contributed by atoms with Gasteiger partial charge in [0.25, 0.3) is 0 Å². The lowest BCUT2D eigenvalue weighted by Crippen LogP contribution is -2.50. The normalized spacial score (nSPS) is 19.8. The van der Waals surface area contributed by atoms with Crippen LogP contribution in [0, 0.1) is 12.8 Å². The zero-order valence-corrected chi connectivity index (χ0v) is 20.5. The van der Waals surface area contributed by atoms with Crippen molar-refractivity contribution < 1.29 is 18.0 Å². The summed E-state index contributed by atoms with van der Waals surface area (Å²) in [5.74, 6) is -0.364. The molecule has 0 radical (unpaired) electrons. The van der Waals surface area contributed by atoms with Crippen molar-refractivity contribution in [2.24, 2.45) is 5.92 Å². The topological polar surface area (TPSA) is 86.8 Å². The molecule has 2 aromatic carbocycles. The number of carbonyl (C=O) groups is 2. The van der Waals surface area contributed by atoms with Crippen molar-refractivity contribution >= 4 is 21.8 Å². The molecule has 0 bridgehead atoms. The largest absolute Gasteiger partial charge is 0.354 e. The molecule has 0 aliphatic carbocycles. The quantitative estimate of drug-likeness (QED) is 0.656. The van der Waals surface area contributed by atoms with Crippen LogP contribution in [0.15, 0.2) is 59.5 Å². The van der Waals surface area contributed by atoms with Crippen LogP contribution in [0.1, 0.15) is 36.8 Å². The first-order valence-electron chi connectivity index (χ1n) is 12.1. The maximum absolute atomic E-state index is 13.3. The molecule has 34 heavy (non-hydrogen) atoms. The van der Waals surface area contributed by atoms with E-state index in [-0.39, 0.29) is 22.6 Å². The van der Waals surface area contributed by atoms with E-state index < -0.39 is 16.1 Å². The molecule has 2 aromatic rings. The van der Waals surface area contributed by atoms with E-state index in [9.17, 15) is 18.0 Å². The van der Waals surface area contributed by atoms with Gasteiger partial charge < -0.3 is 10.2 Å². The first-order chi connectivity index (χ1) is 16.4. The molecular formula is C26H33N3O4S. The van der Waals surface area contributed by atoms with E-state index in [4.69, 9.17) is 0 Å². The average Bonchev–Trinajstić information content (AvgIpc) is 3.35. The highest BCUT2D eigenvalue weighted by molar-refractivity contribution is 7.89. The van der Waals surface area contributed by atoms with Crippen LogP contribution in [-0.2, 0) is 26.0 Å². The van der Waals surface area contributed by atoms with Crippen molar-refractivity contribution in [1.82, 2.24) is 14.5 Å². The molecule has 7 nitrogen and oxygen atoms in total.